The van der Waals surface area contributed by atoms with Crippen molar-refractivity contribution in [3.63, 3.8) is 0 Å². The standard InChI is InChI=1S/C14H19NO2/c16-8-2-5-14(17)15-10-11-6-7-12-3-1-4-13(12)9-11/h6-7,9,16H,1-5,8,10H2,(H,15,17). The van der Waals surface area contributed by atoms with Crippen molar-refractivity contribution in [2.24, 2.45) is 0 Å². The molecule has 92 valence electrons. The minimum atomic E-state index is 0.0135. The number of hydrogen-bond acceptors (Lipinski definition) is 2. The predicted octanol–water partition coefficient (Wildman–Crippen LogP) is 1.56. The molecule has 0 heterocycles. The van der Waals surface area contributed by atoms with E-state index < -0.39 is 0 Å². The molecule has 3 heteroatoms. The summed E-state index contributed by atoms with van der Waals surface area (Å²) in [6.45, 7) is 0.670. The summed E-state index contributed by atoms with van der Waals surface area (Å²) in [6, 6.07) is 6.47. The molecule has 0 bridgehead atoms. The topological polar surface area (TPSA) is 49.3 Å². The summed E-state index contributed by atoms with van der Waals surface area (Å²) in [5.74, 6) is 0.0135. The first-order chi connectivity index (χ1) is 8.29. The Balaban J connectivity index is 1.85. The van der Waals surface area contributed by atoms with Crippen molar-refractivity contribution in [1.82, 2.24) is 5.32 Å². The molecule has 1 aliphatic rings. The van der Waals surface area contributed by atoms with E-state index in [1.165, 1.54) is 36.0 Å². The Labute approximate surface area is 102 Å². The van der Waals surface area contributed by atoms with Gasteiger partial charge < -0.3 is 10.4 Å². The Kier molecular flexibility index (Phi) is 4.15. The van der Waals surface area contributed by atoms with Gasteiger partial charge in [-0.3, -0.25) is 4.79 Å². The Morgan fingerprint density at radius 2 is 2.12 bits per heavy atom. The van der Waals surface area contributed by atoms with Crippen LogP contribution in [0.5, 0.6) is 0 Å². The molecule has 1 aliphatic carbocycles. The van der Waals surface area contributed by atoms with Crippen LogP contribution < -0.4 is 5.32 Å². The molecular formula is C14H19NO2. The fraction of sp³-hybridized carbons (Fsp3) is 0.500. The van der Waals surface area contributed by atoms with Gasteiger partial charge in [-0.1, -0.05) is 18.2 Å². The number of aryl methyl sites for hydroxylation is 2. The second-order valence-corrected chi connectivity index (χ2v) is 4.56. The number of fused-ring (bicyclic) bond motifs is 1. The fourth-order valence-corrected chi connectivity index (χ4v) is 2.26. The highest BCUT2D eigenvalue weighted by Gasteiger charge is 2.10. The molecule has 1 amide bonds. The molecule has 1 aromatic rings. The van der Waals surface area contributed by atoms with Crippen LogP contribution in [0.4, 0.5) is 0 Å². The molecule has 2 rings (SSSR count). The average Bonchev–Trinajstić information content (AvgIpc) is 2.81. The first-order valence-corrected chi connectivity index (χ1v) is 6.28. The van der Waals surface area contributed by atoms with Gasteiger partial charge in [0.25, 0.3) is 0 Å². The van der Waals surface area contributed by atoms with Gasteiger partial charge in [0.1, 0.15) is 0 Å². The Morgan fingerprint density at radius 3 is 2.94 bits per heavy atom. The van der Waals surface area contributed by atoms with E-state index in [9.17, 15) is 4.79 Å². The third-order valence-corrected chi connectivity index (χ3v) is 3.21. The van der Waals surface area contributed by atoms with Crippen molar-refractivity contribution < 1.29 is 9.90 Å². The molecule has 0 radical (unpaired) electrons. The SMILES string of the molecule is O=C(CCCO)NCc1ccc2c(c1)CCC2. The second kappa shape index (κ2) is 5.82. The minimum absolute atomic E-state index is 0.0135. The van der Waals surface area contributed by atoms with Gasteiger partial charge in [-0.05, 0) is 42.4 Å². The zero-order valence-electron chi connectivity index (χ0n) is 10.0. The molecule has 0 atom stereocenters. The van der Waals surface area contributed by atoms with E-state index in [4.69, 9.17) is 5.11 Å². The number of hydrogen-bond donors (Lipinski definition) is 2. The monoisotopic (exact) mass is 233 g/mol. The molecular weight excluding hydrogens is 214 g/mol. The Morgan fingerprint density at radius 1 is 1.29 bits per heavy atom. The average molecular weight is 233 g/mol. The van der Waals surface area contributed by atoms with Crippen molar-refractivity contribution >= 4 is 5.91 Å². The van der Waals surface area contributed by atoms with Crippen LogP contribution in [0.15, 0.2) is 18.2 Å². The number of benzene rings is 1. The molecule has 0 saturated heterocycles. The number of carbonyl (C=O) groups is 1. The zero-order valence-corrected chi connectivity index (χ0v) is 10.0. The van der Waals surface area contributed by atoms with E-state index >= 15 is 0 Å². The summed E-state index contributed by atoms with van der Waals surface area (Å²) < 4.78 is 0. The number of amides is 1. The van der Waals surface area contributed by atoms with Gasteiger partial charge in [0.15, 0.2) is 0 Å². The van der Waals surface area contributed by atoms with Crippen LogP contribution in [0.25, 0.3) is 0 Å². The first-order valence-electron chi connectivity index (χ1n) is 6.28. The number of nitrogens with one attached hydrogen (secondary N) is 1. The third kappa shape index (κ3) is 3.30. The van der Waals surface area contributed by atoms with Crippen LogP contribution in [0.2, 0.25) is 0 Å². The maximum atomic E-state index is 11.4. The summed E-state index contributed by atoms with van der Waals surface area (Å²) >= 11 is 0. The van der Waals surface area contributed by atoms with E-state index in [1.807, 2.05) is 0 Å². The summed E-state index contributed by atoms with van der Waals surface area (Å²) in [5.41, 5.74) is 4.07. The van der Waals surface area contributed by atoms with Gasteiger partial charge >= 0.3 is 0 Å². The summed E-state index contributed by atoms with van der Waals surface area (Å²) in [6.07, 6.45) is 4.55. The van der Waals surface area contributed by atoms with E-state index in [0.717, 1.165) is 0 Å². The molecule has 2 N–H and O–H groups in total. The number of rotatable bonds is 5. The highest BCUT2D eigenvalue weighted by Crippen LogP contribution is 2.22. The largest absolute Gasteiger partial charge is 0.396 e. The van der Waals surface area contributed by atoms with Crippen LogP contribution in [-0.4, -0.2) is 17.6 Å². The van der Waals surface area contributed by atoms with Gasteiger partial charge in [-0.25, -0.2) is 0 Å². The summed E-state index contributed by atoms with van der Waals surface area (Å²) in [4.78, 5) is 11.4. The van der Waals surface area contributed by atoms with Crippen molar-refractivity contribution in [1.29, 1.82) is 0 Å². The molecule has 0 aliphatic heterocycles. The Bertz CT molecular complexity index is 401. The van der Waals surface area contributed by atoms with Crippen LogP contribution >= 0.6 is 0 Å². The molecule has 17 heavy (non-hydrogen) atoms. The second-order valence-electron chi connectivity index (χ2n) is 4.56. The van der Waals surface area contributed by atoms with Gasteiger partial charge in [0.05, 0.1) is 0 Å². The highest BCUT2D eigenvalue weighted by atomic mass is 16.3. The maximum Gasteiger partial charge on any atom is 0.220 e. The molecule has 1 aromatic carbocycles. The highest BCUT2D eigenvalue weighted by molar-refractivity contribution is 5.75. The third-order valence-electron chi connectivity index (χ3n) is 3.21. The van der Waals surface area contributed by atoms with Crippen molar-refractivity contribution in [3.8, 4) is 0 Å². The summed E-state index contributed by atoms with van der Waals surface area (Å²) in [7, 11) is 0. The van der Waals surface area contributed by atoms with Gasteiger partial charge in [-0.2, -0.15) is 0 Å². The number of aliphatic hydroxyl groups excluding tert-OH is 1. The lowest BCUT2D eigenvalue weighted by Crippen LogP contribution is -2.22. The zero-order chi connectivity index (χ0) is 12.1. The van der Waals surface area contributed by atoms with Crippen LogP contribution in [0, 0.1) is 0 Å². The van der Waals surface area contributed by atoms with Gasteiger partial charge in [-0.15, -0.1) is 0 Å². The van der Waals surface area contributed by atoms with Crippen LogP contribution in [-0.2, 0) is 24.2 Å². The lowest BCUT2D eigenvalue weighted by atomic mass is 10.1. The van der Waals surface area contributed by atoms with Crippen LogP contribution in [0.1, 0.15) is 36.0 Å². The molecule has 0 unspecified atom stereocenters. The van der Waals surface area contributed by atoms with Gasteiger partial charge in [0.2, 0.25) is 5.91 Å². The van der Waals surface area contributed by atoms with E-state index in [1.54, 1.807) is 0 Å². The smallest absolute Gasteiger partial charge is 0.220 e. The van der Waals surface area contributed by atoms with E-state index in [-0.39, 0.29) is 12.5 Å². The lowest BCUT2D eigenvalue weighted by molar-refractivity contribution is -0.121. The molecule has 0 aromatic heterocycles. The molecule has 0 saturated carbocycles. The normalized spacial score (nSPS) is 13.5. The number of carbonyl (C=O) groups excluding carboxylic acids is 1. The van der Waals surface area contributed by atoms with E-state index in [2.05, 4.69) is 23.5 Å². The van der Waals surface area contributed by atoms with E-state index in [0.29, 0.717) is 19.4 Å². The molecule has 3 nitrogen and oxygen atoms in total. The quantitative estimate of drug-likeness (QED) is 0.811. The number of aliphatic hydroxyl groups is 1. The maximum absolute atomic E-state index is 11.4. The van der Waals surface area contributed by atoms with Crippen LogP contribution in [0.3, 0.4) is 0 Å². The van der Waals surface area contributed by atoms with Crippen molar-refractivity contribution in [3.05, 3.63) is 34.9 Å². The van der Waals surface area contributed by atoms with Crippen molar-refractivity contribution in [2.75, 3.05) is 6.61 Å². The summed E-state index contributed by atoms with van der Waals surface area (Å²) in [5, 5.41) is 11.5. The lowest BCUT2D eigenvalue weighted by Gasteiger charge is -2.07. The minimum Gasteiger partial charge on any atom is -0.396 e. The Hall–Kier alpha value is -1.35. The van der Waals surface area contributed by atoms with Crippen molar-refractivity contribution in [2.45, 2.75) is 38.6 Å². The first kappa shape index (κ1) is 12.1. The molecule has 0 spiro atoms. The molecule has 0 fully saturated rings. The fourth-order valence-electron chi connectivity index (χ4n) is 2.26. The van der Waals surface area contributed by atoms with Gasteiger partial charge in [0, 0.05) is 19.6 Å². The predicted molar refractivity (Wildman–Crippen MR) is 66.6 cm³/mol.